The highest BCUT2D eigenvalue weighted by atomic mass is 79.9. The predicted octanol–water partition coefficient (Wildman–Crippen LogP) is 4.63. The molecule has 0 atom stereocenters. The lowest BCUT2D eigenvalue weighted by Crippen LogP contribution is -2.53. The Morgan fingerprint density at radius 3 is 2.60 bits per heavy atom. The van der Waals surface area contributed by atoms with Crippen LogP contribution in [-0.4, -0.2) is 57.5 Å². The van der Waals surface area contributed by atoms with Crippen molar-refractivity contribution in [2.45, 2.75) is 43.6 Å². The zero-order valence-electron chi connectivity index (χ0n) is 23.1. The number of nitrogens with one attached hydrogen (secondary N) is 1. The number of benzene rings is 2. The van der Waals surface area contributed by atoms with Gasteiger partial charge in [0.15, 0.2) is 0 Å². The van der Waals surface area contributed by atoms with Crippen LogP contribution in [0.15, 0.2) is 70.3 Å². The fraction of sp³-hybridized carbons (Fsp3) is 0.355. The van der Waals surface area contributed by atoms with Crippen LogP contribution in [0.25, 0.3) is 11.0 Å². The molecule has 4 aromatic rings. The van der Waals surface area contributed by atoms with Crippen LogP contribution in [0.3, 0.4) is 0 Å². The van der Waals surface area contributed by atoms with Gasteiger partial charge in [-0.1, -0.05) is 34.5 Å². The molecule has 2 aromatic carbocycles. The number of piperidine rings is 1. The number of carbonyl (C=O) groups excluding carboxylic acids is 2. The van der Waals surface area contributed by atoms with Crippen molar-refractivity contribution >= 4 is 38.8 Å². The standard InChI is InChI=1S/C31H32BrFN6O3/c32-22-6-4-5-21(15-22)31(29(34)41)17-24(18-31)39-26-16-27(42-14-13-38-11-2-1-3-12-38)35-19-25(26)36-30(39)37-28(40)20-7-9-23(33)10-8-20/h4-10,15-16,19,24H,1-3,11-14,17-18H2,(H2,34,41)(H,36,37,40). The van der Waals surface area contributed by atoms with Gasteiger partial charge in [-0.15, -0.1) is 0 Å². The second-order valence-electron chi connectivity index (χ2n) is 11.1. The molecule has 0 radical (unpaired) electrons. The van der Waals surface area contributed by atoms with Crippen LogP contribution in [0.2, 0.25) is 0 Å². The number of fused-ring (bicyclic) bond motifs is 1. The number of imidazole rings is 1. The normalized spacial score (nSPS) is 21.3. The fourth-order valence-electron chi connectivity index (χ4n) is 6.06. The molecule has 2 fully saturated rings. The van der Waals surface area contributed by atoms with Crippen LogP contribution in [0.5, 0.6) is 5.88 Å². The average molecular weight is 636 g/mol. The molecule has 2 aromatic heterocycles. The first-order valence-electron chi connectivity index (χ1n) is 14.2. The van der Waals surface area contributed by atoms with Crippen molar-refractivity contribution in [2.75, 3.05) is 26.2 Å². The van der Waals surface area contributed by atoms with Gasteiger partial charge in [0.25, 0.3) is 5.91 Å². The maximum absolute atomic E-state index is 13.5. The van der Waals surface area contributed by atoms with Crippen molar-refractivity contribution < 1.29 is 18.7 Å². The molecule has 0 spiro atoms. The van der Waals surface area contributed by atoms with E-state index in [4.69, 9.17) is 10.5 Å². The van der Waals surface area contributed by atoms with Gasteiger partial charge in [0.05, 0.1) is 22.6 Å². The molecule has 1 aliphatic heterocycles. The summed E-state index contributed by atoms with van der Waals surface area (Å²) < 4.78 is 22.3. The van der Waals surface area contributed by atoms with Crippen LogP contribution in [0.1, 0.15) is 54.1 Å². The summed E-state index contributed by atoms with van der Waals surface area (Å²) in [7, 11) is 0. The number of aromatic nitrogens is 3. The van der Waals surface area contributed by atoms with Gasteiger partial charge in [-0.25, -0.2) is 9.37 Å². The number of primary amides is 1. The van der Waals surface area contributed by atoms with E-state index in [0.29, 0.717) is 36.5 Å². The maximum atomic E-state index is 13.5. The third-order valence-corrected chi connectivity index (χ3v) is 8.87. The van der Waals surface area contributed by atoms with Crippen LogP contribution in [0, 0.1) is 5.82 Å². The van der Waals surface area contributed by atoms with Crippen molar-refractivity contribution in [3.63, 3.8) is 0 Å². The Morgan fingerprint density at radius 2 is 1.88 bits per heavy atom. The lowest BCUT2D eigenvalue weighted by Gasteiger charge is -2.46. The molecular weight excluding hydrogens is 603 g/mol. The number of amides is 2. The first-order valence-corrected chi connectivity index (χ1v) is 15.0. The summed E-state index contributed by atoms with van der Waals surface area (Å²) in [5.41, 5.74) is 7.95. The molecule has 9 nitrogen and oxygen atoms in total. The Balaban J connectivity index is 1.35. The van der Waals surface area contributed by atoms with Crippen LogP contribution in [-0.2, 0) is 10.2 Å². The summed E-state index contributed by atoms with van der Waals surface area (Å²) in [4.78, 5) is 40.4. The molecule has 0 unspecified atom stereocenters. The van der Waals surface area contributed by atoms with Gasteiger partial charge in [-0.3, -0.25) is 14.5 Å². The number of carbonyl (C=O) groups is 2. The lowest BCUT2D eigenvalue weighted by atomic mass is 9.61. The summed E-state index contributed by atoms with van der Waals surface area (Å²) in [6.07, 6.45) is 6.22. The summed E-state index contributed by atoms with van der Waals surface area (Å²) in [6.45, 7) is 3.51. The van der Waals surface area contributed by atoms with Crippen molar-refractivity contribution in [3.8, 4) is 5.88 Å². The van der Waals surface area contributed by atoms with Gasteiger partial charge in [-0.05, 0) is 80.7 Å². The summed E-state index contributed by atoms with van der Waals surface area (Å²) in [5, 5.41) is 0. The Hall–Kier alpha value is -3.83. The van der Waals surface area contributed by atoms with E-state index in [0.717, 1.165) is 35.2 Å². The van der Waals surface area contributed by atoms with Gasteiger partial charge in [0, 0.05) is 28.7 Å². The molecule has 42 heavy (non-hydrogen) atoms. The molecule has 1 aliphatic carbocycles. The van der Waals surface area contributed by atoms with E-state index < -0.39 is 23.0 Å². The van der Waals surface area contributed by atoms with Crippen molar-refractivity contribution in [1.29, 1.82) is 0 Å². The van der Waals surface area contributed by atoms with Crippen molar-refractivity contribution in [1.82, 2.24) is 19.4 Å². The molecular formula is C31H32BrFN6O3. The van der Waals surface area contributed by atoms with Gasteiger partial charge in [0.2, 0.25) is 17.4 Å². The van der Waals surface area contributed by atoms with Gasteiger partial charge in [0.1, 0.15) is 12.4 Å². The molecule has 1 saturated carbocycles. The molecule has 1 saturated heterocycles. The van der Waals surface area contributed by atoms with Crippen molar-refractivity contribution in [2.24, 2.45) is 10.7 Å². The minimum atomic E-state index is -0.857. The number of nitrogens with two attached hydrogens (primary N) is 1. The third-order valence-electron chi connectivity index (χ3n) is 8.38. The van der Waals surface area contributed by atoms with Crippen LogP contribution in [0.4, 0.5) is 4.39 Å². The Kier molecular flexibility index (Phi) is 7.96. The lowest BCUT2D eigenvalue weighted by molar-refractivity contribution is -0.128. The van der Waals surface area contributed by atoms with E-state index in [2.05, 4.69) is 35.8 Å². The van der Waals surface area contributed by atoms with E-state index in [1.807, 2.05) is 34.9 Å². The minimum Gasteiger partial charge on any atom is -0.476 e. The van der Waals surface area contributed by atoms with Crippen LogP contribution < -0.4 is 16.1 Å². The number of hydrogen-bond acceptors (Lipinski definition) is 5. The van der Waals surface area contributed by atoms with Gasteiger partial charge in [-0.2, -0.15) is 4.99 Å². The van der Waals surface area contributed by atoms with E-state index >= 15 is 0 Å². The number of ether oxygens (including phenoxy) is 1. The van der Waals surface area contributed by atoms with Gasteiger partial charge >= 0.3 is 0 Å². The quantitative estimate of drug-likeness (QED) is 0.293. The number of aromatic amines is 1. The molecule has 0 bridgehead atoms. The number of rotatable bonds is 8. The number of H-pyrrole nitrogens is 1. The highest BCUT2D eigenvalue weighted by molar-refractivity contribution is 9.10. The number of hydrogen-bond donors (Lipinski definition) is 2. The van der Waals surface area contributed by atoms with E-state index in [1.165, 1.54) is 43.5 Å². The van der Waals surface area contributed by atoms with E-state index in [9.17, 15) is 14.0 Å². The smallest absolute Gasteiger partial charge is 0.280 e. The number of halogens is 2. The summed E-state index contributed by atoms with van der Waals surface area (Å²) >= 11 is 3.50. The predicted molar refractivity (Wildman–Crippen MR) is 159 cm³/mol. The molecule has 2 amide bonds. The van der Waals surface area contributed by atoms with Crippen LogP contribution >= 0.6 is 15.9 Å². The molecule has 6 rings (SSSR count). The Morgan fingerprint density at radius 1 is 1.12 bits per heavy atom. The molecule has 11 heteroatoms. The second-order valence-corrected chi connectivity index (χ2v) is 12.0. The minimum absolute atomic E-state index is 0.186. The zero-order chi connectivity index (χ0) is 29.3. The zero-order valence-corrected chi connectivity index (χ0v) is 24.6. The summed E-state index contributed by atoms with van der Waals surface area (Å²) in [6, 6.07) is 14.5. The van der Waals surface area contributed by atoms with E-state index in [1.54, 1.807) is 6.20 Å². The molecule has 3 N–H and O–H groups in total. The van der Waals surface area contributed by atoms with E-state index in [-0.39, 0.29) is 11.6 Å². The monoisotopic (exact) mass is 634 g/mol. The number of pyridine rings is 1. The highest BCUT2D eigenvalue weighted by Gasteiger charge is 2.51. The fourth-order valence-corrected chi connectivity index (χ4v) is 6.45. The third kappa shape index (κ3) is 5.63. The Labute approximate surface area is 250 Å². The molecule has 3 heterocycles. The topological polar surface area (TPSA) is 119 Å². The highest BCUT2D eigenvalue weighted by Crippen LogP contribution is 2.51. The number of likely N-dealkylation sites (tertiary alicyclic amines) is 1. The second kappa shape index (κ2) is 11.8. The first-order chi connectivity index (χ1) is 20.3. The molecule has 2 aliphatic rings. The largest absolute Gasteiger partial charge is 0.476 e. The first kappa shape index (κ1) is 28.3. The Bertz CT molecular complexity index is 1690. The summed E-state index contributed by atoms with van der Waals surface area (Å²) in [5.74, 6) is -0.887. The maximum Gasteiger partial charge on any atom is 0.280 e. The van der Waals surface area contributed by atoms with Crippen molar-refractivity contribution in [3.05, 3.63) is 87.8 Å². The average Bonchev–Trinajstić information content (AvgIpc) is 3.30. The van der Waals surface area contributed by atoms with Gasteiger partial charge < -0.3 is 20.0 Å². The molecule has 218 valence electrons. The number of nitrogens with zero attached hydrogens (tertiary/aromatic N) is 4. The SMILES string of the molecule is NC(=O)C1(c2cccc(Br)c2)CC(n2/c(=N/C(=O)c3ccc(F)cc3)[nH]c3cnc(OCCN4CCCCC4)cc32)C1.